The summed E-state index contributed by atoms with van der Waals surface area (Å²) in [6.45, 7) is 0. The average molecular weight is 284 g/mol. The highest BCUT2D eigenvalue weighted by molar-refractivity contribution is 5.41. The van der Waals surface area contributed by atoms with Gasteiger partial charge in [-0.05, 0) is 28.8 Å². The molecule has 0 aliphatic rings. The standard InChI is InChI=1S/C14H12N4O3/c1-21-13-7-5-10(6-8-13)14(16-17-15)11-3-2-4-12(9-11)18(19)20/h2-9,14H,1H3. The van der Waals surface area contributed by atoms with E-state index in [0.29, 0.717) is 11.3 Å². The van der Waals surface area contributed by atoms with Crippen molar-refractivity contribution in [2.24, 2.45) is 5.11 Å². The van der Waals surface area contributed by atoms with Crippen LogP contribution in [0.15, 0.2) is 53.6 Å². The second-order valence-corrected chi connectivity index (χ2v) is 4.23. The number of methoxy groups -OCH3 is 1. The number of hydrogen-bond donors (Lipinski definition) is 0. The number of azide groups is 1. The summed E-state index contributed by atoms with van der Waals surface area (Å²) in [5.74, 6) is 0.678. The average Bonchev–Trinajstić information content (AvgIpc) is 2.53. The number of ether oxygens (including phenoxy) is 1. The van der Waals surface area contributed by atoms with Crippen LogP contribution in [0.5, 0.6) is 5.75 Å². The van der Waals surface area contributed by atoms with Gasteiger partial charge in [0.1, 0.15) is 5.75 Å². The third kappa shape index (κ3) is 3.29. The molecule has 2 aromatic carbocycles. The van der Waals surface area contributed by atoms with E-state index in [1.165, 1.54) is 12.1 Å². The molecule has 21 heavy (non-hydrogen) atoms. The van der Waals surface area contributed by atoms with Gasteiger partial charge in [-0.15, -0.1) is 0 Å². The molecule has 0 aromatic heterocycles. The summed E-state index contributed by atoms with van der Waals surface area (Å²) in [5.41, 5.74) is 9.99. The van der Waals surface area contributed by atoms with Gasteiger partial charge in [-0.1, -0.05) is 29.4 Å². The van der Waals surface area contributed by atoms with Crippen molar-refractivity contribution < 1.29 is 9.66 Å². The second kappa shape index (κ2) is 6.40. The van der Waals surface area contributed by atoms with E-state index < -0.39 is 11.0 Å². The van der Waals surface area contributed by atoms with Crippen molar-refractivity contribution in [1.29, 1.82) is 0 Å². The molecule has 0 fully saturated rings. The van der Waals surface area contributed by atoms with Gasteiger partial charge in [0.05, 0.1) is 18.1 Å². The lowest BCUT2D eigenvalue weighted by Gasteiger charge is -2.12. The molecule has 0 spiro atoms. The van der Waals surface area contributed by atoms with Crippen molar-refractivity contribution in [2.75, 3.05) is 7.11 Å². The molecular weight excluding hydrogens is 272 g/mol. The van der Waals surface area contributed by atoms with Gasteiger partial charge >= 0.3 is 0 Å². The molecular formula is C14H12N4O3. The Morgan fingerprint density at radius 2 is 1.95 bits per heavy atom. The van der Waals surface area contributed by atoms with Crippen LogP contribution in [0.2, 0.25) is 0 Å². The van der Waals surface area contributed by atoms with E-state index in [1.54, 1.807) is 43.5 Å². The summed E-state index contributed by atoms with van der Waals surface area (Å²) in [7, 11) is 1.56. The van der Waals surface area contributed by atoms with Crippen molar-refractivity contribution in [3.63, 3.8) is 0 Å². The topological polar surface area (TPSA) is 101 Å². The number of nitro groups is 1. The maximum Gasteiger partial charge on any atom is 0.269 e. The van der Waals surface area contributed by atoms with Crippen molar-refractivity contribution >= 4 is 5.69 Å². The van der Waals surface area contributed by atoms with Gasteiger partial charge in [-0.25, -0.2) is 0 Å². The molecule has 1 atom stereocenters. The lowest BCUT2D eigenvalue weighted by molar-refractivity contribution is -0.384. The molecule has 0 N–H and O–H groups in total. The molecule has 0 radical (unpaired) electrons. The fourth-order valence-corrected chi connectivity index (χ4v) is 1.97. The van der Waals surface area contributed by atoms with E-state index in [2.05, 4.69) is 10.0 Å². The van der Waals surface area contributed by atoms with Crippen LogP contribution in [0.4, 0.5) is 5.69 Å². The Hall–Kier alpha value is -3.05. The number of nitrogens with zero attached hydrogens (tertiary/aromatic N) is 4. The molecule has 0 aliphatic heterocycles. The minimum absolute atomic E-state index is 0.0425. The maximum atomic E-state index is 10.8. The van der Waals surface area contributed by atoms with Crippen LogP contribution in [0.3, 0.4) is 0 Å². The van der Waals surface area contributed by atoms with Crippen LogP contribution in [0, 0.1) is 10.1 Å². The number of rotatable bonds is 5. The van der Waals surface area contributed by atoms with Gasteiger partial charge in [0, 0.05) is 17.0 Å². The Labute approximate surface area is 120 Å². The molecule has 7 heteroatoms. The Kier molecular flexibility index (Phi) is 4.38. The minimum atomic E-state index is -0.624. The molecule has 0 aliphatic carbocycles. The number of nitro benzene ring substituents is 1. The van der Waals surface area contributed by atoms with Crippen LogP contribution in [-0.2, 0) is 0 Å². The highest BCUT2D eigenvalue weighted by atomic mass is 16.6. The molecule has 2 aromatic rings. The van der Waals surface area contributed by atoms with Gasteiger partial charge in [0.15, 0.2) is 0 Å². The van der Waals surface area contributed by atoms with E-state index >= 15 is 0 Å². The van der Waals surface area contributed by atoms with Gasteiger partial charge in [-0.2, -0.15) is 0 Å². The first-order valence-electron chi connectivity index (χ1n) is 6.08. The normalized spacial score (nSPS) is 11.3. The van der Waals surface area contributed by atoms with Crippen LogP contribution in [0.1, 0.15) is 17.2 Å². The third-order valence-electron chi connectivity index (χ3n) is 3.00. The monoisotopic (exact) mass is 284 g/mol. The lowest BCUT2D eigenvalue weighted by Crippen LogP contribution is -1.98. The van der Waals surface area contributed by atoms with E-state index in [0.717, 1.165) is 5.56 Å². The number of benzene rings is 2. The van der Waals surface area contributed by atoms with Crippen LogP contribution >= 0.6 is 0 Å². The molecule has 0 heterocycles. The minimum Gasteiger partial charge on any atom is -0.497 e. The third-order valence-corrected chi connectivity index (χ3v) is 3.00. The first kappa shape index (κ1) is 14.4. The van der Waals surface area contributed by atoms with E-state index in [9.17, 15) is 10.1 Å². The number of hydrogen-bond acceptors (Lipinski definition) is 4. The molecule has 7 nitrogen and oxygen atoms in total. The van der Waals surface area contributed by atoms with Gasteiger partial charge < -0.3 is 4.74 Å². The fraction of sp³-hybridized carbons (Fsp3) is 0.143. The highest BCUT2D eigenvalue weighted by Crippen LogP contribution is 2.29. The second-order valence-electron chi connectivity index (χ2n) is 4.23. The summed E-state index contributed by atoms with van der Waals surface area (Å²) in [5, 5.41) is 14.6. The van der Waals surface area contributed by atoms with Crippen LogP contribution in [0.25, 0.3) is 10.4 Å². The maximum absolute atomic E-state index is 10.8. The van der Waals surface area contributed by atoms with Crippen molar-refractivity contribution in [3.05, 3.63) is 80.2 Å². The fourth-order valence-electron chi connectivity index (χ4n) is 1.97. The molecule has 0 amide bonds. The Bertz CT molecular complexity index is 694. The summed E-state index contributed by atoms with van der Waals surface area (Å²) in [4.78, 5) is 13.2. The van der Waals surface area contributed by atoms with Crippen molar-refractivity contribution in [1.82, 2.24) is 0 Å². The highest BCUT2D eigenvalue weighted by Gasteiger charge is 2.15. The quantitative estimate of drug-likeness (QED) is 0.272. The molecule has 106 valence electrons. The summed E-state index contributed by atoms with van der Waals surface area (Å²) < 4.78 is 5.07. The Balaban J connectivity index is 2.44. The largest absolute Gasteiger partial charge is 0.497 e. The molecule has 0 saturated carbocycles. The predicted molar refractivity (Wildman–Crippen MR) is 77.1 cm³/mol. The van der Waals surface area contributed by atoms with E-state index in [4.69, 9.17) is 10.3 Å². The SMILES string of the molecule is COc1ccc(C(N=[N+]=[N-])c2cccc([N+](=O)[O-])c2)cc1. The molecule has 0 bridgehead atoms. The lowest BCUT2D eigenvalue weighted by atomic mass is 9.99. The van der Waals surface area contributed by atoms with Crippen LogP contribution in [-0.4, -0.2) is 12.0 Å². The summed E-state index contributed by atoms with van der Waals surface area (Å²) in [6, 6.07) is 12.4. The van der Waals surface area contributed by atoms with Gasteiger partial charge in [0.2, 0.25) is 0 Å². The molecule has 0 saturated heterocycles. The van der Waals surface area contributed by atoms with E-state index in [-0.39, 0.29) is 5.69 Å². The zero-order valence-electron chi connectivity index (χ0n) is 11.2. The Morgan fingerprint density at radius 3 is 2.52 bits per heavy atom. The first-order valence-corrected chi connectivity index (χ1v) is 6.08. The van der Waals surface area contributed by atoms with Gasteiger partial charge in [0.25, 0.3) is 5.69 Å². The summed E-state index contributed by atoms with van der Waals surface area (Å²) >= 11 is 0. The first-order chi connectivity index (χ1) is 10.2. The zero-order valence-corrected chi connectivity index (χ0v) is 11.2. The molecule has 1 unspecified atom stereocenters. The van der Waals surface area contributed by atoms with Gasteiger partial charge in [-0.3, -0.25) is 10.1 Å². The van der Waals surface area contributed by atoms with Crippen molar-refractivity contribution in [3.8, 4) is 5.75 Å². The molecule has 2 rings (SSSR count). The summed E-state index contributed by atoms with van der Waals surface area (Å²) in [6.07, 6.45) is 0. The number of non-ortho nitro benzene ring substituents is 1. The predicted octanol–water partition coefficient (Wildman–Crippen LogP) is 4.00. The van der Waals surface area contributed by atoms with Crippen molar-refractivity contribution in [2.45, 2.75) is 6.04 Å². The van der Waals surface area contributed by atoms with E-state index in [1.807, 2.05) is 0 Å². The Morgan fingerprint density at radius 1 is 1.24 bits per heavy atom. The zero-order chi connectivity index (χ0) is 15.2. The van der Waals surface area contributed by atoms with Crippen LogP contribution < -0.4 is 4.74 Å². The smallest absolute Gasteiger partial charge is 0.269 e.